The van der Waals surface area contributed by atoms with Crippen LogP contribution in [0.25, 0.3) is 11.4 Å². The first-order valence-corrected chi connectivity index (χ1v) is 6.01. The van der Waals surface area contributed by atoms with Crippen LogP contribution in [0.15, 0.2) is 28.9 Å². The highest BCUT2D eigenvalue weighted by Crippen LogP contribution is 2.36. The number of hydrogen-bond acceptors (Lipinski definition) is 2. The Labute approximate surface area is 118 Å². The third-order valence-electron chi connectivity index (χ3n) is 2.23. The summed E-state index contributed by atoms with van der Waals surface area (Å²) in [6.45, 7) is 0. The molecule has 0 saturated heterocycles. The van der Waals surface area contributed by atoms with Gasteiger partial charge in [0.1, 0.15) is 11.0 Å². The molecule has 0 bridgehead atoms. The van der Waals surface area contributed by atoms with Crippen LogP contribution in [-0.4, -0.2) is 9.97 Å². The molecule has 0 aliphatic carbocycles. The van der Waals surface area contributed by atoms with Gasteiger partial charge in [0.05, 0.1) is 10.0 Å². The number of nitrogens with zero attached hydrogens (tertiary/aromatic N) is 2. The standard InChI is InChI=1S/C11H4BrClF4N2/c12-8-4-18-10(19-9(8)13)6-3-5(14)1-2-7(6)11(15,16)17/h1-4H. The number of aromatic nitrogens is 2. The minimum absolute atomic E-state index is 0.0533. The van der Waals surface area contributed by atoms with Gasteiger partial charge in [-0.25, -0.2) is 14.4 Å². The van der Waals surface area contributed by atoms with E-state index >= 15 is 0 Å². The van der Waals surface area contributed by atoms with Gasteiger partial charge < -0.3 is 0 Å². The predicted molar refractivity (Wildman–Crippen MR) is 65.1 cm³/mol. The monoisotopic (exact) mass is 354 g/mol. The molecule has 2 nitrogen and oxygen atoms in total. The van der Waals surface area contributed by atoms with Crippen molar-refractivity contribution in [3.05, 3.63) is 45.4 Å². The van der Waals surface area contributed by atoms with E-state index in [4.69, 9.17) is 11.6 Å². The topological polar surface area (TPSA) is 25.8 Å². The molecular formula is C11H4BrClF4N2. The van der Waals surface area contributed by atoms with Crippen LogP contribution in [0, 0.1) is 5.82 Å². The summed E-state index contributed by atoms with van der Waals surface area (Å²) in [5, 5.41) is -0.0533. The third-order valence-corrected chi connectivity index (χ3v) is 3.33. The Morgan fingerprint density at radius 1 is 1.21 bits per heavy atom. The maximum absolute atomic E-state index is 13.1. The fourth-order valence-electron chi connectivity index (χ4n) is 1.42. The Bertz CT molecular complexity index is 631. The summed E-state index contributed by atoms with van der Waals surface area (Å²) < 4.78 is 51.9. The fraction of sp³-hybridized carbons (Fsp3) is 0.0909. The van der Waals surface area contributed by atoms with E-state index in [-0.39, 0.29) is 11.0 Å². The molecule has 8 heteroatoms. The zero-order chi connectivity index (χ0) is 14.2. The molecule has 19 heavy (non-hydrogen) atoms. The van der Waals surface area contributed by atoms with Crippen LogP contribution in [0.4, 0.5) is 17.6 Å². The lowest BCUT2D eigenvalue weighted by atomic mass is 10.1. The highest BCUT2D eigenvalue weighted by atomic mass is 79.9. The maximum Gasteiger partial charge on any atom is 0.417 e. The molecule has 2 aromatic rings. The van der Waals surface area contributed by atoms with E-state index in [1.165, 1.54) is 6.20 Å². The Morgan fingerprint density at radius 3 is 2.47 bits per heavy atom. The predicted octanol–water partition coefficient (Wildman–Crippen LogP) is 4.72. The summed E-state index contributed by atoms with van der Waals surface area (Å²) in [6.07, 6.45) is -3.43. The van der Waals surface area contributed by atoms with Crippen LogP contribution < -0.4 is 0 Å². The average molecular weight is 356 g/mol. The van der Waals surface area contributed by atoms with Crippen molar-refractivity contribution in [2.45, 2.75) is 6.18 Å². The normalized spacial score (nSPS) is 11.7. The van der Waals surface area contributed by atoms with Crippen molar-refractivity contribution in [1.29, 1.82) is 0 Å². The number of alkyl halides is 3. The first kappa shape index (κ1) is 14.2. The largest absolute Gasteiger partial charge is 0.417 e. The van der Waals surface area contributed by atoms with Crippen molar-refractivity contribution in [2.24, 2.45) is 0 Å². The van der Waals surface area contributed by atoms with Gasteiger partial charge in [0.2, 0.25) is 0 Å². The van der Waals surface area contributed by atoms with Crippen LogP contribution in [0.1, 0.15) is 5.56 Å². The van der Waals surface area contributed by atoms with Gasteiger partial charge in [0.25, 0.3) is 0 Å². The van der Waals surface area contributed by atoms with Gasteiger partial charge in [-0.05, 0) is 34.1 Å². The molecule has 0 saturated carbocycles. The second-order valence-corrected chi connectivity index (χ2v) is 4.73. The second-order valence-electron chi connectivity index (χ2n) is 3.52. The van der Waals surface area contributed by atoms with Gasteiger partial charge in [-0.15, -0.1) is 0 Å². The molecule has 0 amide bonds. The number of hydrogen-bond donors (Lipinski definition) is 0. The quantitative estimate of drug-likeness (QED) is 0.546. The molecule has 0 atom stereocenters. The van der Waals surface area contributed by atoms with Crippen LogP contribution in [0.2, 0.25) is 5.15 Å². The van der Waals surface area contributed by atoms with Gasteiger partial charge in [0, 0.05) is 11.8 Å². The number of benzene rings is 1. The van der Waals surface area contributed by atoms with Gasteiger partial charge in [-0.1, -0.05) is 11.6 Å². The Hall–Kier alpha value is -1.21. The average Bonchev–Trinajstić information content (AvgIpc) is 2.31. The summed E-state index contributed by atoms with van der Waals surface area (Å²) >= 11 is 8.72. The Morgan fingerprint density at radius 2 is 1.89 bits per heavy atom. The lowest BCUT2D eigenvalue weighted by Gasteiger charge is -2.12. The summed E-state index contributed by atoms with van der Waals surface area (Å²) in [5.74, 6) is -1.11. The summed E-state index contributed by atoms with van der Waals surface area (Å²) in [5.41, 5.74) is -1.48. The molecule has 0 N–H and O–H groups in total. The molecular weight excluding hydrogens is 351 g/mol. The summed E-state index contributed by atoms with van der Waals surface area (Å²) in [7, 11) is 0. The minimum Gasteiger partial charge on any atom is -0.235 e. The van der Waals surface area contributed by atoms with E-state index in [1.807, 2.05) is 0 Å². The van der Waals surface area contributed by atoms with Crippen molar-refractivity contribution in [3.8, 4) is 11.4 Å². The van der Waals surface area contributed by atoms with Crippen molar-refractivity contribution in [2.75, 3.05) is 0 Å². The molecule has 100 valence electrons. The molecule has 0 spiro atoms. The van der Waals surface area contributed by atoms with E-state index in [0.717, 1.165) is 12.1 Å². The van der Waals surface area contributed by atoms with Crippen molar-refractivity contribution in [1.82, 2.24) is 9.97 Å². The lowest BCUT2D eigenvalue weighted by molar-refractivity contribution is -0.137. The van der Waals surface area contributed by atoms with E-state index in [1.54, 1.807) is 0 Å². The minimum atomic E-state index is -4.63. The van der Waals surface area contributed by atoms with Gasteiger partial charge in [0.15, 0.2) is 5.82 Å². The van der Waals surface area contributed by atoms with Crippen molar-refractivity contribution < 1.29 is 17.6 Å². The zero-order valence-electron chi connectivity index (χ0n) is 8.97. The van der Waals surface area contributed by atoms with E-state index < -0.39 is 23.1 Å². The zero-order valence-corrected chi connectivity index (χ0v) is 11.3. The highest BCUT2D eigenvalue weighted by Gasteiger charge is 2.34. The third kappa shape index (κ3) is 3.03. The number of rotatable bonds is 1. The molecule has 1 aromatic carbocycles. The molecule has 0 aliphatic heterocycles. The van der Waals surface area contributed by atoms with E-state index in [9.17, 15) is 17.6 Å². The van der Waals surface area contributed by atoms with Gasteiger partial charge >= 0.3 is 6.18 Å². The van der Waals surface area contributed by atoms with Crippen LogP contribution in [-0.2, 0) is 6.18 Å². The van der Waals surface area contributed by atoms with Crippen molar-refractivity contribution >= 4 is 27.5 Å². The first-order valence-electron chi connectivity index (χ1n) is 4.84. The van der Waals surface area contributed by atoms with E-state index in [2.05, 4.69) is 25.9 Å². The molecule has 0 aliphatic rings. The SMILES string of the molecule is Fc1ccc(C(F)(F)F)c(-c2ncc(Br)c(Cl)n2)c1. The van der Waals surface area contributed by atoms with E-state index in [0.29, 0.717) is 10.5 Å². The van der Waals surface area contributed by atoms with Gasteiger partial charge in [-0.3, -0.25) is 0 Å². The Kier molecular flexibility index (Phi) is 3.78. The Balaban J connectivity index is 2.66. The second kappa shape index (κ2) is 5.05. The van der Waals surface area contributed by atoms with Crippen LogP contribution in [0.5, 0.6) is 0 Å². The summed E-state index contributed by atoms with van der Waals surface area (Å²) in [4.78, 5) is 7.41. The molecule has 1 aromatic heterocycles. The molecule has 0 fully saturated rings. The first-order chi connectivity index (χ1) is 8.79. The smallest absolute Gasteiger partial charge is 0.235 e. The van der Waals surface area contributed by atoms with Crippen LogP contribution in [0.3, 0.4) is 0 Å². The molecule has 0 radical (unpaired) electrons. The number of halogens is 6. The lowest BCUT2D eigenvalue weighted by Crippen LogP contribution is -2.08. The van der Waals surface area contributed by atoms with Crippen molar-refractivity contribution in [3.63, 3.8) is 0 Å². The van der Waals surface area contributed by atoms with Crippen LogP contribution >= 0.6 is 27.5 Å². The fourth-order valence-corrected chi connectivity index (χ4v) is 1.74. The molecule has 2 rings (SSSR count). The molecule has 1 heterocycles. The highest BCUT2D eigenvalue weighted by molar-refractivity contribution is 9.10. The summed E-state index contributed by atoms with van der Waals surface area (Å²) in [6, 6.07) is 2.10. The van der Waals surface area contributed by atoms with Gasteiger partial charge in [-0.2, -0.15) is 13.2 Å². The maximum atomic E-state index is 13.1. The molecule has 0 unspecified atom stereocenters.